The Kier molecular flexibility index (Phi) is 11.9. The standard InChI is InChI=1S/C29H38N3O7P/c1-6-8-18-37-40(34,38-19-9-7-2)28(22-16-14-21(3)15-17-22)32-27(33)23-12-10-11-13-24(23)39-29-30-25(35-4)20-26(31-29)36-5/h10-17,20,28H,6-9,18-19H2,1-5H3,(H,32,33). The van der Waals surface area contributed by atoms with E-state index in [1.807, 2.05) is 45.0 Å². The van der Waals surface area contributed by atoms with Gasteiger partial charge in [-0.15, -0.1) is 0 Å². The lowest BCUT2D eigenvalue weighted by Gasteiger charge is -2.28. The maximum absolute atomic E-state index is 14.3. The van der Waals surface area contributed by atoms with E-state index >= 15 is 0 Å². The molecule has 1 aromatic heterocycles. The van der Waals surface area contributed by atoms with E-state index in [2.05, 4.69) is 15.3 Å². The number of methoxy groups -OCH3 is 2. The Morgan fingerprint density at radius 1 is 0.900 bits per heavy atom. The van der Waals surface area contributed by atoms with Crippen molar-refractivity contribution < 1.29 is 32.6 Å². The van der Waals surface area contributed by atoms with Crippen molar-refractivity contribution in [2.75, 3.05) is 27.4 Å². The van der Waals surface area contributed by atoms with Crippen LogP contribution in [0.4, 0.5) is 0 Å². The smallest absolute Gasteiger partial charge is 0.357 e. The molecule has 1 atom stereocenters. The summed E-state index contributed by atoms with van der Waals surface area (Å²) in [6.07, 6.45) is 3.13. The molecule has 1 unspecified atom stereocenters. The summed E-state index contributed by atoms with van der Waals surface area (Å²) in [5, 5.41) is 2.91. The molecule has 10 nitrogen and oxygen atoms in total. The number of unbranched alkanes of at least 4 members (excludes halogenated alkanes) is 2. The van der Waals surface area contributed by atoms with Crippen molar-refractivity contribution in [2.24, 2.45) is 0 Å². The number of carbonyl (C=O) groups is 1. The SMILES string of the molecule is CCCCOP(=O)(OCCCC)C(NC(=O)c1ccccc1Oc1nc(OC)cc(OC)n1)c1ccc(C)cc1. The van der Waals surface area contributed by atoms with Crippen LogP contribution in [0.5, 0.6) is 23.5 Å². The van der Waals surface area contributed by atoms with Crippen LogP contribution in [-0.4, -0.2) is 43.3 Å². The van der Waals surface area contributed by atoms with E-state index in [9.17, 15) is 9.36 Å². The molecule has 0 fully saturated rings. The van der Waals surface area contributed by atoms with E-state index in [0.717, 1.165) is 18.4 Å². The molecule has 1 heterocycles. The molecule has 11 heteroatoms. The van der Waals surface area contributed by atoms with Gasteiger partial charge in [0.15, 0.2) is 5.78 Å². The first-order valence-corrected chi connectivity index (χ1v) is 14.9. The van der Waals surface area contributed by atoms with Gasteiger partial charge in [-0.25, -0.2) is 0 Å². The third kappa shape index (κ3) is 8.52. The highest BCUT2D eigenvalue weighted by atomic mass is 31.2. The summed E-state index contributed by atoms with van der Waals surface area (Å²) in [6, 6.07) is 15.5. The average molecular weight is 572 g/mol. The summed E-state index contributed by atoms with van der Waals surface area (Å²) in [5.41, 5.74) is 1.81. The van der Waals surface area contributed by atoms with Gasteiger partial charge in [-0.1, -0.05) is 68.7 Å². The molecule has 0 saturated carbocycles. The van der Waals surface area contributed by atoms with Gasteiger partial charge in [-0.05, 0) is 37.5 Å². The van der Waals surface area contributed by atoms with E-state index in [-0.39, 0.29) is 42.3 Å². The summed E-state index contributed by atoms with van der Waals surface area (Å²) in [5.74, 6) is -0.924. The first-order valence-electron chi connectivity index (χ1n) is 13.3. The molecule has 1 amide bonds. The highest BCUT2D eigenvalue weighted by molar-refractivity contribution is 7.54. The number of benzene rings is 2. The van der Waals surface area contributed by atoms with Crippen LogP contribution in [0.25, 0.3) is 0 Å². The van der Waals surface area contributed by atoms with Crippen LogP contribution < -0.4 is 19.5 Å². The summed E-state index contributed by atoms with van der Waals surface area (Å²) >= 11 is 0. The number of hydrogen-bond donors (Lipinski definition) is 1. The molecule has 3 rings (SSSR count). The van der Waals surface area contributed by atoms with Gasteiger partial charge >= 0.3 is 13.6 Å². The van der Waals surface area contributed by atoms with Crippen LogP contribution in [0.2, 0.25) is 0 Å². The molecule has 0 aliphatic rings. The Bertz CT molecular complexity index is 1250. The van der Waals surface area contributed by atoms with E-state index in [1.165, 1.54) is 20.3 Å². The maximum Gasteiger partial charge on any atom is 0.357 e. The number of rotatable bonds is 16. The van der Waals surface area contributed by atoms with Crippen LogP contribution >= 0.6 is 7.60 Å². The minimum atomic E-state index is -3.83. The van der Waals surface area contributed by atoms with Crippen LogP contribution in [0, 0.1) is 6.92 Å². The van der Waals surface area contributed by atoms with E-state index in [0.29, 0.717) is 18.4 Å². The Morgan fingerprint density at radius 2 is 1.48 bits per heavy atom. The van der Waals surface area contributed by atoms with Crippen molar-refractivity contribution in [3.63, 3.8) is 0 Å². The van der Waals surface area contributed by atoms with Crippen molar-refractivity contribution >= 4 is 13.5 Å². The zero-order valence-corrected chi connectivity index (χ0v) is 24.6. The second-order valence-electron chi connectivity index (χ2n) is 9.03. The number of ether oxygens (including phenoxy) is 3. The highest BCUT2D eigenvalue weighted by Crippen LogP contribution is 2.60. The van der Waals surface area contributed by atoms with Gasteiger partial charge in [-0.3, -0.25) is 9.36 Å². The van der Waals surface area contributed by atoms with Gasteiger partial charge in [0.1, 0.15) is 5.75 Å². The maximum atomic E-state index is 14.3. The lowest BCUT2D eigenvalue weighted by Crippen LogP contribution is -2.30. The molecule has 216 valence electrons. The molecule has 0 bridgehead atoms. The number of aromatic nitrogens is 2. The fourth-order valence-corrected chi connectivity index (χ4v) is 5.59. The number of hydrogen-bond acceptors (Lipinski definition) is 9. The topological polar surface area (TPSA) is 118 Å². The molecule has 0 radical (unpaired) electrons. The molecule has 40 heavy (non-hydrogen) atoms. The molecular weight excluding hydrogens is 533 g/mol. The Hall–Kier alpha value is -3.46. The summed E-state index contributed by atoms with van der Waals surface area (Å²) < 4.78 is 42.4. The minimum Gasteiger partial charge on any atom is -0.481 e. The van der Waals surface area contributed by atoms with Gasteiger partial charge in [0.25, 0.3) is 5.91 Å². The number of nitrogens with zero attached hydrogens (tertiary/aromatic N) is 2. The third-order valence-corrected chi connectivity index (χ3v) is 8.07. The number of amides is 1. The molecule has 2 aromatic carbocycles. The first-order chi connectivity index (χ1) is 19.3. The van der Waals surface area contributed by atoms with Gasteiger partial charge in [0, 0.05) is 0 Å². The predicted molar refractivity (Wildman–Crippen MR) is 152 cm³/mol. The zero-order chi connectivity index (χ0) is 29.0. The van der Waals surface area contributed by atoms with Crippen LogP contribution in [-0.2, 0) is 13.6 Å². The van der Waals surface area contributed by atoms with Crippen LogP contribution in [0.15, 0.2) is 54.6 Å². The van der Waals surface area contributed by atoms with Gasteiger partial charge < -0.3 is 28.6 Å². The minimum absolute atomic E-state index is 0.0667. The second kappa shape index (κ2) is 15.4. The molecule has 0 spiro atoms. The molecule has 1 N–H and O–H groups in total. The Balaban J connectivity index is 1.97. The third-order valence-electron chi connectivity index (χ3n) is 5.93. The van der Waals surface area contributed by atoms with Crippen LogP contribution in [0.1, 0.15) is 66.8 Å². The monoisotopic (exact) mass is 571 g/mol. The fraction of sp³-hybridized carbons (Fsp3) is 0.414. The summed E-state index contributed by atoms with van der Waals surface area (Å²) in [6.45, 7) is 6.48. The number of aryl methyl sites for hydroxylation is 1. The first kappa shape index (κ1) is 31.1. The van der Waals surface area contributed by atoms with Crippen LogP contribution in [0.3, 0.4) is 0 Å². The molecule has 0 aliphatic carbocycles. The summed E-state index contributed by atoms with van der Waals surface area (Å²) in [4.78, 5) is 22.1. The molecule has 0 saturated heterocycles. The van der Waals surface area contributed by atoms with Gasteiger partial charge in [0.05, 0.1) is 39.1 Å². The number of para-hydroxylation sites is 1. The molecule has 3 aromatic rings. The van der Waals surface area contributed by atoms with Crippen molar-refractivity contribution in [3.05, 3.63) is 71.3 Å². The van der Waals surface area contributed by atoms with Crippen molar-refractivity contribution in [1.82, 2.24) is 15.3 Å². The van der Waals surface area contributed by atoms with E-state index in [4.69, 9.17) is 23.3 Å². The fourth-order valence-electron chi connectivity index (χ4n) is 3.63. The lowest BCUT2D eigenvalue weighted by atomic mass is 10.1. The second-order valence-corrected chi connectivity index (χ2v) is 11.1. The zero-order valence-electron chi connectivity index (χ0n) is 23.7. The van der Waals surface area contributed by atoms with Gasteiger partial charge in [0.2, 0.25) is 11.8 Å². The number of carbonyl (C=O) groups excluding carboxylic acids is 1. The van der Waals surface area contributed by atoms with Crippen molar-refractivity contribution in [2.45, 2.75) is 52.2 Å². The highest BCUT2D eigenvalue weighted by Gasteiger charge is 2.39. The van der Waals surface area contributed by atoms with Crippen molar-refractivity contribution in [3.8, 4) is 23.5 Å². The van der Waals surface area contributed by atoms with Crippen molar-refractivity contribution in [1.29, 1.82) is 0 Å². The lowest BCUT2D eigenvalue weighted by molar-refractivity contribution is 0.0933. The number of nitrogens with one attached hydrogen (secondary N) is 1. The Labute approximate surface area is 235 Å². The normalized spacial score (nSPS) is 12.0. The predicted octanol–water partition coefficient (Wildman–Crippen LogP) is 6.85. The Morgan fingerprint density at radius 3 is 2.02 bits per heavy atom. The quantitative estimate of drug-likeness (QED) is 0.145. The molecule has 0 aliphatic heterocycles. The summed E-state index contributed by atoms with van der Waals surface area (Å²) in [7, 11) is -0.914. The van der Waals surface area contributed by atoms with E-state index < -0.39 is 19.3 Å². The van der Waals surface area contributed by atoms with Gasteiger partial charge in [-0.2, -0.15) is 9.97 Å². The largest absolute Gasteiger partial charge is 0.481 e. The average Bonchev–Trinajstić information content (AvgIpc) is 2.96. The molecular formula is C29H38N3O7P. The van der Waals surface area contributed by atoms with E-state index in [1.54, 1.807) is 24.3 Å².